The number of carbonyl (C=O) groups is 1. The molecule has 124 valence electrons. The third kappa shape index (κ3) is 4.48. The Bertz CT molecular complexity index is 692. The van der Waals surface area contributed by atoms with E-state index in [9.17, 15) is 4.79 Å². The summed E-state index contributed by atoms with van der Waals surface area (Å²) in [4.78, 5) is 12.3. The van der Waals surface area contributed by atoms with Crippen molar-refractivity contribution in [3.63, 3.8) is 0 Å². The zero-order chi connectivity index (χ0) is 16.8. The molecule has 0 saturated heterocycles. The Balaban J connectivity index is 1.67. The zero-order valence-electron chi connectivity index (χ0n) is 13.5. The summed E-state index contributed by atoms with van der Waals surface area (Å²) in [6, 6.07) is 17.0. The van der Waals surface area contributed by atoms with Crippen LogP contribution in [-0.2, 0) is 4.74 Å². The first-order chi connectivity index (χ1) is 11.7. The van der Waals surface area contributed by atoms with Gasteiger partial charge in [0.2, 0.25) is 0 Å². The highest BCUT2D eigenvalue weighted by molar-refractivity contribution is 6.30. The Morgan fingerprint density at radius 1 is 1.00 bits per heavy atom. The summed E-state index contributed by atoms with van der Waals surface area (Å²) < 4.78 is 5.79. The van der Waals surface area contributed by atoms with Gasteiger partial charge in [-0.3, -0.25) is 0 Å². The molecule has 0 unspecified atom stereocenters. The van der Waals surface area contributed by atoms with E-state index in [1.165, 1.54) is 6.42 Å². The molecule has 1 aliphatic rings. The average Bonchev–Trinajstić information content (AvgIpc) is 2.63. The number of esters is 1. The number of halogens is 1. The number of ether oxygens (including phenoxy) is 1. The molecular formula is C21H21ClO2. The largest absolute Gasteiger partial charge is 0.458 e. The van der Waals surface area contributed by atoms with Crippen molar-refractivity contribution in [1.29, 1.82) is 0 Å². The standard InChI is InChI=1S/C21H21ClO2/c22-19-14-11-16(12-15-19)10-13-17-6-4-5-9-20(17)24-21(23)18-7-2-1-3-8-18/h1-3,7-8,10-15,17,20H,4-6,9H2/b13-10+/t17-,20-/m0/s1. The molecule has 2 aromatic rings. The summed E-state index contributed by atoms with van der Waals surface area (Å²) in [5.41, 5.74) is 1.72. The maximum absolute atomic E-state index is 12.3. The highest BCUT2D eigenvalue weighted by Crippen LogP contribution is 2.29. The van der Waals surface area contributed by atoms with E-state index in [1.807, 2.05) is 42.5 Å². The molecule has 1 fully saturated rings. The minimum absolute atomic E-state index is 0.0463. The molecule has 3 heteroatoms. The van der Waals surface area contributed by atoms with Gasteiger partial charge in [-0.2, -0.15) is 0 Å². The van der Waals surface area contributed by atoms with Gasteiger partial charge >= 0.3 is 5.97 Å². The maximum atomic E-state index is 12.3. The van der Waals surface area contributed by atoms with Crippen LogP contribution in [-0.4, -0.2) is 12.1 Å². The van der Waals surface area contributed by atoms with Crippen LogP contribution in [0, 0.1) is 5.92 Å². The van der Waals surface area contributed by atoms with Gasteiger partial charge in [0.25, 0.3) is 0 Å². The quantitative estimate of drug-likeness (QED) is 0.660. The smallest absolute Gasteiger partial charge is 0.338 e. The van der Waals surface area contributed by atoms with Gasteiger partial charge < -0.3 is 4.74 Å². The van der Waals surface area contributed by atoms with Crippen molar-refractivity contribution in [1.82, 2.24) is 0 Å². The second kappa shape index (κ2) is 8.16. The summed E-state index contributed by atoms with van der Waals surface area (Å²) in [7, 11) is 0. The molecule has 3 rings (SSSR count). The second-order valence-corrected chi connectivity index (χ2v) is 6.61. The van der Waals surface area contributed by atoms with E-state index in [4.69, 9.17) is 16.3 Å². The van der Waals surface area contributed by atoms with Gasteiger partial charge in [0, 0.05) is 10.9 Å². The number of hydrogen-bond acceptors (Lipinski definition) is 2. The maximum Gasteiger partial charge on any atom is 0.338 e. The number of carbonyl (C=O) groups excluding carboxylic acids is 1. The summed E-state index contributed by atoms with van der Waals surface area (Å²) in [6.07, 6.45) is 8.48. The first-order valence-electron chi connectivity index (χ1n) is 8.42. The number of benzene rings is 2. The molecule has 2 nitrogen and oxygen atoms in total. The van der Waals surface area contributed by atoms with Crippen LogP contribution in [0.2, 0.25) is 5.02 Å². The van der Waals surface area contributed by atoms with Crippen LogP contribution < -0.4 is 0 Å². The van der Waals surface area contributed by atoms with Gasteiger partial charge in [0.15, 0.2) is 0 Å². The highest BCUT2D eigenvalue weighted by atomic mass is 35.5. The van der Waals surface area contributed by atoms with Gasteiger partial charge in [-0.15, -0.1) is 0 Å². The molecule has 0 amide bonds. The van der Waals surface area contributed by atoms with Crippen molar-refractivity contribution in [2.75, 3.05) is 0 Å². The van der Waals surface area contributed by atoms with E-state index < -0.39 is 0 Å². The van der Waals surface area contributed by atoms with E-state index in [2.05, 4.69) is 12.2 Å². The van der Waals surface area contributed by atoms with Crippen molar-refractivity contribution < 1.29 is 9.53 Å². The average molecular weight is 341 g/mol. The molecule has 2 atom stereocenters. The van der Waals surface area contributed by atoms with Crippen LogP contribution in [0.15, 0.2) is 60.7 Å². The summed E-state index contributed by atoms with van der Waals surface area (Å²) in [6.45, 7) is 0. The summed E-state index contributed by atoms with van der Waals surface area (Å²) >= 11 is 5.92. The molecule has 0 aliphatic heterocycles. The molecule has 0 radical (unpaired) electrons. The minimum atomic E-state index is -0.229. The molecule has 0 bridgehead atoms. The van der Waals surface area contributed by atoms with Gasteiger partial charge in [-0.25, -0.2) is 4.79 Å². The predicted octanol–water partition coefficient (Wildman–Crippen LogP) is 5.77. The third-order valence-corrected chi connectivity index (χ3v) is 4.68. The summed E-state index contributed by atoms with van der Waals surface area (Å²) in [5.74, 6) is 0.0366. The van der Waals surface area contributed by atoms with Crippen molar-refractivity contribution in [2.24, 2.45) is 5.92 Å². The van der Waals surface area contributed by atoms with Crippen molar-refractivity contribution in [2.45, 2.75) is 31.8 Å². The molecular weight excluding hydrogens is 320 g/mol. The molecule has 2 aromatic carbocycles. The van der Waals surface area contributed by atoms with Crippen LogP contribution >= 0.6 is 11.6 Å². The van der Waals surface area contributed by atoms with Gasteiger partial charge in [-0.05, 0) is 49.1 Å². The Labute approximate surface area is 148 Å². The molecule has 1 aliphatic carbocycles. The topological polar surface area (TPSA) is 26.3 Å². The van der Waals surface area contributed by atoms with Gasteiger partial charge in [0.05, 0.1) is 5.56 Å². The number of rotatable bonds is 4. The normalized spacial score (nSPS) is 20.9. The fourth-order valence-corrected chi connectivity index (χ4v) is 3.21. The van der Waals surface area contributed by atoms with Crippen molar-refractivity contribution in [3.8, 4) is 0 Å². The van der Waals surface area contributed by atoms with Crippen LogP contribution in [0.3, 0.4) is 0 Å². The lowest BCUT2D eigenvalue weighted by atomic mass is 9.85. The zero-order valence-corrected chi connectivity index (χ0v) is 14.3. The predicted molar refractivity (Wildman–Crippen MR) is 98.1 cm³/mol. The van der Waals surface area contributed by atoms with E-state index >= 15 is 0 Å². The van der Waals surface area contributed by atoms with E-state index in [0.29, 0.717) is 5.56 Å². The molecule has 0 N–H and O–H groups in total. The molecule has 1 saturated carbocycles. The Hall–Kier alpha value is -2.06. The molecule has 24 heavy (non-hydrogen) atoms. The first kappa shape index (κ1) is 16.8. The lowest BCUT2D eigenvalue weighted by Crippen LogP contribution is -2.29. The first-order valence-corrected chi connectivity index (χ1v) is 8.80. The van der Waals surface area contributed by atoms with E-state index in [1.54, 1.807) is 12.1 Å². The Morgan fingerprint density at radius 2 is 1.71 bits per heavy atom. The monoisotopic (exact) mass is 340 g/mol. The van der Waals surface area contributed by atoms with Gasteiger partial charge in [-0.1, -0.05) is 60.5 Å². The SMILES string of the molecule is O=C(O[C@H]1CCCC[C@H]1/C=C/c1ccc(Cl)cc1)c1ccccc1. The molecule has 0 spiro atoms. The number of hydrogen-bond donors (Lipinski definition) is 0. The van der Waals surface area contributed by atoms with Crippen LogP contribution in [0.1, 0.15) is 41.6 Å². The third-order valence-electron chi connectivity index (χ3n) is 4.43. The lowest BCUT2D eigenvalue weighted by Gasteiger charge is -2.29. The fraction of sp³-hybridized carbons (Fsp3) is 0.286. The Morgan fingerprint density at radius 3 is 2.46 bits per heavy atom. The molecule has 0 aromatic heterocycles. The minimum Gasteiger partial charge on any atom is -0.458 e. The van der Waals surface area contributed by atoms with Crippen molar-refractivity contribution >= 4 is 23.6 Å². The van der Waals surface area contributed by atoms with Crippen LogP contribution in [0.5, 0.6) is 0 Å². The highest BCUT2D eigenvalue weighted by Gasteiger charge is 2.26. The lowest BCUT2D eigenvalue weighted by molar-refractivity contribution is 0.00970. The van der Waals surface area contributed by atoms with Crippen LogP contribution in [0.4, 0.5) is 0 Å². The van der Waals surface area contributed by atoms with Gasteiger partial charge in [0.1, 0.15) is 6.10 Å². The van der Waals surface area contributed by atoms with Crippen molar-refractivity contribution in [3.05, 3.63) is 76.8 Å². The molecule has 0 heterocycles. The second-order valence-electron chi connectivity index (χ2n) is 6.17. The summed E-state index contributed by atoms with van der Waals surface area (Å²) in [5, 5.41) is 0.736. The fourth-order valence-electron chi connectivity index (χ4n) is 3.08. The van der Waals surface area contributed by atoms with E-state index in [0.717, 1.165) is 29.8 Å². The van der Waals surface area contributed by atoms with Crippen LogP contribution in [0.25, 0.3) is 6.08 Å². The van der Waals surface area contributed by atoms with E-state index in [-0.39, 0.29) is 18.0 Å². The Kier molecular flexibility index (Phi) is 5.71.